The molecule has 0 unspecified atom stereocenters. The van der Waals surface area contributed by atoms with Gasteiger partial charge in [-0.2, -0.15) is 0 Å². The van der Waals surface area contributed by atoms with Crippen LogP contribution in [0.5, 0.6) is 5.75 Å². The van der Waals surface area contributed by atoms with Gasteiger partial charge in [0.2, 0.25) is 0 Å². The van der Waals surface area contributed by atoms with Gasteiger partial charge in [-0.3, -0.25) is 4.90 Å². The Morgan fingerprint density at radius 3 is 2.88 bits per heavy atom. The topological polar surface area (TPSA) is 38.5 Å². The molecule has 1 aliphatic heterocycles. The van der Waals surface area contributed by atoms with Crippen molar-refractivity contribution in [2.45, 2.75) is 25.9 Å². The van der Waals surface area contributed by atoms with E-state index >= 15 is 0 Å². The third-order valence-electron chi connectivity index (χ3n) is 3.17. The Morgan fingerprint density at radius 1 is 1.50 bits per heavy atom. The molecular weight excluding hydrogens is 200 g/mol. The fourth-order valence-corrected chi connectivity index (χ4v) is 2.30. The third kappa shape index (κ3) is 2.54. The van der Waals surface area contributed by atoms with Gasteiger partial charge in [-0.05, 0) is 30.5 Å². The largest absolute Gasteiger partial charge is 0.496 e. The van der Waals surface area contributed by atoms with Crippen molar-refractivity contribution in [2.24, 2.45) is 5.73 Å². The van der Waals surface area contributed by atoms with E-state index in [2.05, 4.69) is 24.0 Å². The number of nitrogens with zero attached hydrogens (tertiary/aromatic N) is 1. The van der Waals surface area contributed by atoms with Crippen LogP contribution in [0.15, 0.2) is 18.2 Å². The molecule has 2 N–H and O–H groups in total. The Kier molecular flexibility index (Phi) is 3.46. The van der Waals surface area contributed by atoms with Gasteiger partial charge in [0.1, 0.15) is 5.75 Å². The van der Waals surface area contributed by atoms with Crippen LogP contribution < -0.4 is 10.5 Å². The van der Waals surface area contributed by atoms with Gasteiger partial charge >= 0.3 is 0 Å². The molecule has 2 rings (SSSR count). The standard InChI is InChI=1S/C13H20N2O/c1-10-7-11(3-4-13(10)16-2)8-15-6-5-12(14)9-15/h3-4,7,12H,5-6,8-9,14H2,1-2H3/t12-/m0/s1. The van der Waals surface area contributed by atoms with Crippen molar-refractivity contribution < 1.29 is 4.74 Å². The normalized spacial score (nSPS) is 21.3. The van der Waals surface area contributed by atoms with Gasteiger partial charge in [-0.15, -0.1) is 0 Å². The molecule has 1 saturated heterocycles. The molecule has 0 aromatic heterocycles. The molecule has 1 aliphatic rings. The van der Waals surface area contributed by atoms with Crippen LogP contribution in [0, 0.1) is 6.92 Å². The van der Waals surface area contributed by atoms with Gasteiger partial charge in [0.25, 0.3) is 0 Å². The van der Waals surface area contributed by atoms with E-state index in [1.165, 1.54) is 11.1 Å². The van der Waals surface area contributed by atoms with E-state index in [0.717, 1.165) is 31.8 Å². The molecule has 3 heteroatoms. The van der Waals surface area contributed by atoms with Crippen LogP contribution in [-0.4, -0.2) is 31.1 Å². The first-order valence-electron chi connectivity index (χ1n) is 5.80. The summed E-state index contributed by atoms with van der Waals surface area (Å²) in [7, 11) is 1.71. The van der Waals surface area contributed by atoms with Crippen molar-refractivity contribution in [1.82, 2.24) is 4.90 Å². The first-order chi connectivity index (χ1) is 7.69. The van der Waals surface area contributed by atoms with E-state index in [9.17, 15) is 0 Å². The zero-order chi connectivity index (χ0) is 11.5. The van der Waals surface area contributed by atoms with Crippen LogP contribution in [-0.2, 0) is 6.54 Å². The van der Waals surface area contributed by atoms with Crippen LogP contribution in [0.1, 0.15) is 17.5 Å². The maximum absolute atomic E-state index is 5.89. The maximum atomic E-state index is 5.89. The molecule has 0 radical (unpaired) electrons. The lowest BCUT2D eigenvalue weighted by atomic mass is 10.1. The Hall–Kier alpha value is -1.06. The average molecular weight is 220 g/mol. The van der Waals surface area contributed by atoms with Crippen molar-refractivity contribution in [3.05, 3.63) is 29.3 Å². The van der Waals surface area contributed by atoms with Crippen LogP contribution in [0.2, 0.25) is 0 Å². The highest BCUT2D eigenvalue weighted by atomic mass is 16.5. The summed E-state index contributed by atoms with van der Waals surface area (Å²) in [6.07, 6.45) is 1.12. The lowest BCUT2D eigenvalue weighted by Crippen LogP contribution is -2.26. The summed E-state index contributed by atoms with van der Waals surface area (Å²) < 4.78 is 5.25. The van der Waals surface area contributed by atoms with Crippen molar-refractivity contribution >= 4 is 0 Å². The van der Waals surface area contributed by atoms with Gasteiger partial charge in [-0.1, -0.05) is 12.1 Å². The number of benzene rings is 1. The summed E-state index contributed by atoms with van der Waals surface area (Å²) in [6.45, 7) is 5.22. The molecule has 1 fully saturated rings. The van der Waals surface area contributed by atoms with Crippen LogP contribution in [0.4, 0.5) is 0 Å². The summed E-state index contributed by atoms with van der Waals surface area (Å²) in [6, 6.07) is 6.73. The van der Waals surface area contributed by atoms with Crippen LogP contribution in [0.25, 0.3) is 0 Å². The van der Waals surface area contributed by atoms with Gasteiger partial charge in [-0.25, -0.2) is 0 Å². The number of aryl methyl sites for hydroxylation is 1. The van der Waals surface area contributed by atoms with Crippen molar-refractivity contribution in [3.63, 3.8) is 0 Å². The molecule has 1 aromatic carbocycles. The Bertz CT molecular complexity index is 365. The number of nitrogens with two attached hydrogens (primary N) is 1. The summed E-state index contributed by atoms with van der Waals surface area (Å²) in [5.74, 6) is 0.960. The van der Waals surface area contributed by atoms with Crippen LogP contribution in [0.3, 0.4) is 0 Å². The molecular formula is C13H20N2O. The molecule has 0 bridgehead atoms. The lowest BCUT2D eigenvalue weighted by Gasteiger charge is -2.16. The Balaban J connectivity index is 2.02. The van der Waals surface area contributed by atoms with E-state index in [4.69, 9.17) is 10.5 Å². The highest BCUT2D eigenvalue weighted by Crippen LogP contribution is 2.20. The molecule has 16 heavy (non-hydrogen) atoms. The lowest BCUT2D eigenvalue weighted by molar-refractivity contribution is 0.326. The fourth-order valence-electron chi connectivity index (χ4n) is 2.30. The van der Waals surface area contributed by atoms with E-state index in [0.29, 0.717) is 6.04 Å². The monoisotopic (exact) mass is 220 g/mol. The quantitative estimate of drug-likeness (QED) is 0.839. The fraction of sp³-hybridized carbons (Fsp3) is 0.538. The second-order valence-electron chi connectivity index (χ2n) is 4.59. The van der Waals surface area contributed by atoms with Gasteiger partial charge in [0.15, 0.2) is 0 Å². The molecule has 1 atom stereocenters. The number of hydrogen-bond donors (Lipinski definition) is 1. The van der Waals surface area contributed by atoms with E-state index < -0.39 is 0 Å². The minimum absolute atomic E-state index is 0.361. The van der Waals surface area contributed by atoms with E-state index in [1.54, 1.807) is 7.11 Å². The number of likely N-dealkylation sites (tertiary alicyclic amines) is 1. The molecule has 3 nitrogen and oxygen atoms in total. The molecule has 0 aliphatic carbocycles. The smallest absolute Gasteiger partial charge is 0.121 e. The SMILES string of the molecule is COc1ccc(CN2CC[C@H](N)C2)cc1C. The minimum Gasteiger partial charge on any atom is -0.496 e. The zero-order valence-electron chi connectivity index (χ0n) is 10.1. The third-order valence-corrected chi connectivity index (χ3v) is 3.17. The van der Waals surface area contributed by atoms with Gasteiger partial charge < -0.3 is 10.5 Å². The Labute approximate surface area is 97.2 Å². The minimum atomic E-state index is 0.361. The predicted octanol–water partition coefficient (Wildman–Crippen LogP) is 1.54. The number of hydrogen-bond acceptors (Lipinski definition) is 3. The first kappa shape index (κ1) is 11.4. The van der Waals surface area contributed by atoms with E-state index in [-0.39, 0.29) is 0 Å². The molecule has 1 aromatic rings. The van der Waals surface area contributed by atoms with Crippen molar-refractivity contribution in [3.8, 4) is 5.75 Å². The average Bonchev–Trinajstić information content (AvgIpc) is 2.64. The summed E-state index contributed by atoms with van der Waals surface area (Å²) in [5, 5.41) is 0. The molecule has 0 saturated carbocycles. The second kappa shape index (κ2) is 4.85. The van der Waals surface area contributed by atoms with Gasteiger partial charge in [0.05, 0.1) is 7.11 Å². The second-order valence-corrected chi connectivity index (χ2v) is 4.59. The Morgan fingerprint density at radius 2 is 2.31 bits per heavy atom. The number of rotatable bonds is 3. The van der Waals surface area contributed by atoms with Crippen LogP contribution >= 0.6 is 0 Å². The summed E-state index contributed by atoms with van der Waals surface area (Å²) in [4.78, 5) is 2.41. The van der Waals surface area contributed by atoms with E-state index in [1.807, 2.05) is 6.07 Å². The highest BCUT2D eigenvalue weighted by Gasteiger charge is 2.18. The molecule has 1 heterocycles. The number of methoxy groups -OCH3 is 1. The first-order valence-corrected chi connectivity index (χ1v) is 5.80. The highest BCUT2D eigenvalue weighted by molar-refractivity contribution is 5.36. The predicted molar refractivity (Wildman–Crippen MR) is 65.6 cm³/mol. The maximum Gasteiger partial charge on any atom is 0.121 e. The zero-order valence-corrected chi connectivity index (χ0v) is 10.1. The molecule has 0 spiro atoms. The van der Waals surface area contributed by atoms with Crippen molar-refractivity contribution in [1.29, 1.82) is 0 Å². The van der Waals surface area contributed by atoms with Crippen molar-refractivity contribution in [2.75, 3.05) is 20.2 Å². The number of ether oxygens (including phenoxy) is 1. The molecule has 88 valence electrons. The molecule has 0 amide bonds. The van der Waals surface area contributed by atoms with Gasteiger partial charge in [0, 0.05) is 25.7 Å². The summed E-state index contributed by atoms with van der Waals surface area (Å²) >= 11 is 0. The summed E-state index contributed by atoms with van der Waals surface area (Å²) in [5.41, 5.74) is 8.43.